The van der Waals surface area contributed by atoms with Crippen LogP contribution in [0, 0.1) is 16.0 Å². The fourth-order valence-electron chi connectivity index (χ4n) is 3.91. The van der Waals surface area contributed by atoms with Crippen LogP contribution in [-0.4, -0.2) is 49.6 Å². The van der Waals surface area contributed by atoms with Crippen LogP contribution in [0.4, 0.5) is 5.69 Å². The van der Waals surface area contributed by atoms with E-state index in [4.69, 9.17) is 9.47 Å². The van der Waals surface area contributed by atoms with E-state index in [1.165, 1.54) is 29.8 Å². The molecule has 8 heteroatoms. The number of rotatable bonds is 8. The first-order chi connectivity index (χ1) is 14.5. The minimum atomic E-state index is -0.475. The van der Waals surface area contributed by atoms with E-state index >= 15 is 0 Å². The van der Waals surface area contributed by atoms with Crippen LogP contribution in [0.2, 0.25) is 0 Å². The average molecular weight is 413 g/mol. The third kappa shape index (κ3) is 5.48. The molecule has 1 amide bonds. The lowest BCUT2D eigenvalue weighted by Gasteiger charge is -2.39. The third-order valence-corrected chi connectivity index (χ3v) is 5.44. The van der Waals surface area contributed by atoms with Crippen LogP contribution in [0.5, 0.6) is 11.5 Å². The van der Waals surface area contributed by atoms with Crippen LogP contribution in [0.15, 0.2) is 48.5 Å². The molecule has 1 aliphatic rings. The van der Waals surface area contributed by atoms with Gasteiger partial charge in [0.05, 0.1) is 12.0 Å². The Morgan fingerprint density at radius 3 is 2.47 bits per heavy atom. The summed E-state index contributed by atoms with van der Waals surface area (Å²) >= 11 is 0. The molecular weight excluding hydrogens is 386 g/mol. The number of ether oxygens (including phenoxy) is 2. The Kier molecular flexibility index (Phi) is 7.24. The fraction of sp³-hybridized carbons (Fsp3) is 0.409. The van der Waals surface area contributed by atoms with Crippen LogP contribution >= 0.6 is 0 Å². The normalized spacial score (nSPS) is 19.1. The second-order valence-corrected chi connectivity index (χ2v) is 7.44. The number of amides is 1. The molecule has 1 heterocycles. The highest BCUT2D eigenvalue weighted by atomic mass is 16.6. The van der Waals surface area contributed by atoms with Gasteiger partial charge in [-0.2, -0.15) is 0 Å². The zero-order valence-corrected chi connectivity index (χ0v) is 17.2. The Bertz CT molecular complexity index is 854. The van der Waals surface area contributed by atoms with Gasteiger partial charge in [0.1, 0.15) is 11.5 Å². The summed E-state index contributed by atoms with van der Waals surface area (Å²) < 4.78 is 10.7. The van der Waals surface area contributed by atoms with E-state index in [0.717, 1.165) is 25.1 Å². The number of non-ortho nitro benzene ring substituents is 1. The first kappa shape index (κ1) is 21.6. The van der Waals surface area contributed by atoms with E-state index in [9.17, 15) is 14.9 Å². The number of benzene rings is 2. The Balaban J connectivity index is 1.54. The molecule has 2 aromatic carbocycles. The number of likely N-dealkylation sites (tertiary alicyclic amines) is 1. The summed E-state index contributed by atoms with van der Waals surface area (Å²) in [5, 5.41) is 13.7. The minimum Gasteiger partial charge on any atom is -0.497 e. The summed E-state index contributed by atoms with van der Waals surface area (Å²) in [6, 6.07) is 14.0. The van der Waals surface area contributed by atoms with E-state index in [1.54, 1.807) is 7.11 Å². The molecule has 0 bridgehead atoms. The van der Waals surface area contributed by atoms with Crippen molar-refractivity contribution in [1.29, 1.82) is 0 Å². The maximum atomic E-state index is 12.3. The first-order valence-electron chi connectivity index (χ1n) is 9.96. The standard InChI is InChI=1S/C22H27N3O5/c1-24-13-3-4-17(22(24)16-5-9-19(29-2)10-6-16)14-23-21(26)15-30-20-11-7-18(8-12-20)25(27)28/h5-12,17,22H,3-4,13-15H2,1-2H3,(H,23,26). The summed E-state index contributed by atoms with van der Waals surface area (Å²) in [4.78, 5) is 24.8. The van der Waals surface area contributed by atoms with Gasteiger partial charge in [0.15, 0.2) is 6.61 Å². The van der Waals surface area contributed by atoms with Crippen molar-refractivity contribution in [3.8, 4) is 11.5 Å². The van der Waals surface area contributed by atoms with Crippen LogP contribution < -0.4 is 14.8 Å². The van der Waals surface area contributed by atoms with Gasteiger partial charge in [0, 0.05) is 24.7 Å². The molecular formula is C22H27N3O5. The lowest BCUT2D eigenvalue weighted by Crippen LogP contribution is -2.42. The van der Waals surface area contributed by atoms with E-state index < -0.39 is 4.92 Å². The monoisotopic (exact) mass is 413 g/mol. The Labute approximate surface area is 175 Å². The van der Waals surface area contributed by atoms with Gasteiger partial charge in [-0.3, -0.25) is 19.8 Å². The molecule has 3 rings (SSSR count). The van der Waals surface area contributed by atoms with Gasteiger partial charge >= 0.3 is 0 Å². The number of nitro benzene ring substituents is 1. The molecule has 0 spiro atoms. The van der Waals surface area contributed by atoms with Gasteiger partial charge in [-0.15, -0.1) is 0 Å². The summed E-state index contributed by atoms with van der Waals surface area (Å²) in [7, 11) is 3.76. The van der Waals surface area contributed by atoms with Crippen LogP contribution in [-0.2, 0) is 4.79 Å². The lowest BCUT2D eigenvalue weighted by atomic mass is 9.85. The molecule has 0 radical (unpaired) electrons. The number of carbonyl (C=O) groups is 1. The molecule has 2 unspecified atom stereocenters. The smallest absolute Gasteiger partial charge is 0.269 e. The van der Waals surface area contributed by atoms with Crippen molar-refractivity contribution in [3.63, 3.8) is 0 Å². The average Bonchev–Trinajstić information content (AvgIpc) is 2.76. The molecule has 0 aromatic heterocycles. The molecule has 160 valence electrons. The highest BCUT2D eigenvalue weighted by Gasteiger charge is 2.30. The number of nitro groups is 1. The molecule has 2 atom stereocenters. The number of piperidine rings is 1. The number of hydrogen-bond acceptors (Lipinski definition) is 6. The molecule has 1 aliphatic heterocycles. The Hall–Kier alpha value is -3.13. The summed E-state index contributed by atoms with van der Waals surface area (Å²) in [6.07, 6.45) is 2.12. The third-order valence-electron chi connectivity index (χ3n) is 5.44. The summed E-state index contributed by atoms with van der Waals surface area (Å²) in [5.74, 6) is 1.32. The second kappa shape index (κ2) is 10.1. The molecule has 0 aliphatic carbocycles. The Morgan fingerprint density at radius 2 is 1.83 bits per heavy atom. The predicted octanol–water partition coefficient (Wildman–Crippen LogP) is 3.18. The highest BCUT2D eigenvalue weighted by molar-refractivity contribution is 5.77. The van der Waals surface area contributed by atoms with Crippen molar-refractivity contribution in [1.82, 2.24) is 10.2 Å². The molecule has 1 saturated heterocycles. The van der Waals surface area contributed by atoms with Crippen molar-refractivity contribution in [2.24, 2.45) is 5.92 Å². The summed E-state index contributed by atoms with van der Waals surface area (Å²) in [6.45, 7) is 1.45. The summed E-state index contributed by atoms with van der Waals surface area (Å²) in [5.41, 5.74) is 1.19. The number of nitrogens with zero attached hydrogens (tertiary/aromatic N) is 2. The minimum absolute atomic E-state index is 0.0159. The van der Waals surface area contributed by atoms with Crippen molar-refractivity contribution in [3.05, 3.63) is 64.2 Å². The molecule has 30 heavy (non-hydrogen) atoms. The number of carbonyl (C=O) groups excluding carboxylic acids is 1. The van der Waals surface area contributed by atoms with Gasteiger partial charge in [0.2, 0.25) is 0 Å². The molecule has 2 aromatic rings. The van der Waals surface area contributed by atoms with Crippen molar-refractivity contribution < 1.29 is 19.2 Å². The van der Waals surface area contributed by atoms with Gasteiger partial charge < -0.3 is 14.8 Å². The van der Waals surface area contributed by atoms with Crippen LogP contribution in [0.25, 0.3) is 0 Å². The Morgan fingerprint density at radius 1 is 1.17 bits per heavy atom. The fourth-order valence-corrected chi connectivity index (χ4v) is 3.91. The largest absolute Gasteiger partial charge is 0.497 e. The molecule has 1 N–H and O–H groups in total. The van der Waals surface area contributed by atoms with Crippen LogP contribution in [0.3, 0.4) is 0 Å². The predicted molar refractivity (Wildman–Crippen MR) is 113 cm³/mol. The molecule has 8 nitrogen and oxygen atoms in total. The van der Waals surface area contributed by atoms with Crippen molar-refractivity contribution in [2.75, 3.05) is 33.9 Å². The first-order valence-corrected chi connectivity index (χ1v) is 9.96. The van der Waals surface area contributed by atoms with E-state index in [2.05, 4.69) is 29.4 Å². The second-order valence-electron chi connectivity index (χ2n) is 7.44. The number of methoxy groups -OCH3 is 1. The molecule has 0 saturated carbocycles. The van der Waals surface area contributed by atoms with Crippen molar-refractivity contribution in [2.45, 2.75) is 18.9 Å². The zero-order valence-electron chi connectivity index (χ0n) is 17.2. The zero-order chi connectivity index (χ0) is 21.5. The quantitative estimate of drug-likeness (QED) is 0.528. The number of hydrogen-bond donors (Lipinski definition) is 1. The van der Waals surface area contributed by atoms with E-state index in [1.807, 2.05) is 12.1 Å². The van der Waals surface area contributed by atoms with Gasteiger partial charge in [-0.25, -0.2) is 0 Å². The van der Waals surface area contributed by atoms with Gasteiger partial charge in [-0.1, -0.05) is 12.1 Å². The van der Waals surface area contributed by atoms with Crippen molar-refractivity contribution >= 4 is 11.6 Å². The maximum Gasteiger partial charge on any atom is 0.269 e. The lowest BCUT2D eigenvalue weighted by molar-refractivity contribution is -0.384. The topological polar surface area (TPSA) is 93.9 Å². The van der Waals surface area contributed by atoms with E-state index in [0.29, 0.717) is 18.2 Å². The SMILES string of the molecule is COc1ccc(C2C(CNC(=O)COc3ccc([N+](=O)[O-])cc3)CCCN2C)cc1. The number of nitrogens with one attached hydrogen (secondary N) is 1. The highest BCUT2D eigenvalue weighted by Crippen LogP contribution is 2.35. The van der Waals surface area contributed by atoms with E-state index in [-0.39, 0.29) is 24.2 Å². The van der Waals surface area contributed by atoms with Crippen LogP contribution in [0.1, 0.15) is 24.4 Å². The maximum absolute atomic E-state index is 12.3. The van der Waals surface area contributed by atoms with Gasteiger partial charge in [-0.05, 0) is 62.2 Å². The van der Waals surface area contributed by atoms with Gasteiger partial charge in [0.25, 0.3) is 11.6 Å². The molecule has 1 fully saturated rings.